The Labute approximate surface area is 105 Å². The molecule has 0 amide bonds. The van der Waals surface area contributed by atoms with E-state index in [0.29, 0.717) is 11.3 Å². The summed E-state index contributed by atoms with van der Waals surface area (Å²) in [4.78, 5) is 6.21. The van der Waals surface area contributed by atoms with Gasteiger partial charge in [0.05, 0.1) is 24.8 Å². The highest BCUT2D eigenvalue weighted by atomic mass is 32.2. The van der Waals surface area contributed by atoms with Crippen LogP contribution in [-0.4, -0.2) is 23.5 Å². The lowest BCUT2D eigenvalue weighted by atomic mass is 10.1. The van der Waals surface area contributed by atoms with Crippen molar-refractivity contribution in [2.45, 2.75) is 18.6 Å². The number of H-pyrrole nitrogens is 1. The number of hydrogen-bond acceptors (Lipinski definition) is 4. The summed E-state index contributed by atoms with van der Waals surface area (Å²) in [5.74, 6) is 0. The van der Waals surface area contributed by atoms with Crippen molar-refractivity contribution in [1.82, 2.24) is 9.97 Å². The van der Waals surface area contributed by atoms with Crippen LogP contribution in [0.4, 0.5) is 5.69 Å². The van der Waals surface area contributed by atoms with Crippen LogP contribution >= 0.6 is 0 Å². The molecule has 0 saturated heterocycles. The van der Waals surface area contributed by atoms with Gasteiger partial charge in [-0.25, -0.2) is 4.98 Å². The lowest BCUT2D eigenvalue weighted by Crippen LogP contribution is -2.14. The zero-order chi connectivity index (χ0) is 13.2. The van der Waals surface area contributed by atoms with Crippen LogP contribution in [0.25, 0.3) is 0 Å². The second kappa shape index (κ2) is 4.79. The Morgan fingerprint density at radius 3 is 2.83 bits per heavy atom. The predicted octanol–water partition coefficient (Wildman–Crippen LogP) is 1.01. The minimum Gasteiger partial charge on any atom is -0.392 e. The van der Waals surface area contributed by atoms with E-state index in [0.717, 1.165) is 5.56 Å². The van der Waals surface area contributed by atoms with Gasteiger partial charge < -0.3 is 10.1 Å². The van der Waals surface area contributed by atoms with Crippen LogP contribution in [0, 0.1) is 6.92 Å². The number of hydrogen-bond donors (Lipinski definition) is 3. The summed E-state index contributed by atoms with van der Waals surface area (Å²) < 4.78 is 26.4. The Balaban J connectivity index is 2.35. The molecule has 1 aromatic carbocycles. The van der Waals surface area contributed by atoms with Gasteiger partial charge in [-0.15, -0.1) is 0 Å². The van der Waals surface area contributed by atoms with Crippen LogP contribution in [0.2, 0.25) is 0 Å². The lowest BCUT2D eigenvalue weighted by molar-refractivity contribution is 0.282. The first-order chi connectivity index (χ1) is 8.53. The van der Waals surface area contributed by atoms with Crippen molar-refractivity contribution in [3.63, 3.8) is 0 Å². The first-order valence-corrected chi connectivity index (χ1v) is 6.73. The minimum absolute atomic E-state index is 0.00342. The molecule has 18 heavy (non-hydrogen) atoms. The second-order valence-corrected chi connectivity index (χ2v) is 5.48. The number of aromatic nitrogens is 2. The van der Waals surface area contributed by atoms with E-state index in [9.17, 15) is 8.42 Å². The van der Waals surface area contributed by atoms with E-state index >= 15 is 0 Å². The Morgan fingerprint density at radius 2 is 2.22 bits per heavy atom. The molecule has 2 aromatic rings. The molecule has 2 rings (SSSR count). The van der Waals surface area contributed by atoms with Gasteiger partial charge in [0.1, 0.15) is 0 Å². The van der Waals surface area contributed by atoms with E-state index in [1.165, 1.54) is 12.5 Å². The van der Waals surface area contributed by atoms with Crippen molar-refractivity contribution in [2.75, 3.05) is 4.72 Å². The number of rotatable bonds is 4. The van der Waals surface area contributed by atoms with Crippen LogP contribution in [0.1, 0.15) is 11.1 Å². The number of aliphatic hydroxyl groups is 1. The van der Waals surface area contributed by atoms with E-state index in [-0.39, 0.29) is 11.6 Å². The van der Waals surface area contributed by atoms with Gasteiger partial charge in [0.25, 0.3) is 10.0 Å². The summed E-state index contributed by atoms with van der Waals surface area (Å²) in [5.41, 5.74) is 1.86. The quantitative estimate of drug-likeness (QED) is 0.770. The number of imidazole rings is 1. The number of anilines is 1. The fourth-order valence-electron chi connectivity index (χ4n) is 1.47. The third-order valence-electron chi connectivity index (χ3n) is 2.49. The van der Waals surface area contributed by atoms with Gasteiger partial charge in [-0.2, -0.15) is 8.42 Å². The maximum absolute atomic E-state index is 12.0. The van der Waals surface area contributed by atoms with Crippen molar-refractivity contribution >= 4 is 15.7 Å². The van der Waals surface area contributed by atoms with Gasteiger partial charge in [-0.1, -0.05) is 12.1 Å². The molecule has 6 nitrogen and oxygen atoms in total. The Morgan fingerprint density at radius 1 is 1.44 bits per heavy atom. The molecule has 1 aromatic heterocycles. The van der Waals surface area contributed by atoms with Gasteiger partial charge in [-0.3, -0.25) is 4.72 Å². The van der Waals surface area contributed by atoms with Crippen LogP contribution in [0.5, 0.6) is 0 Å². The molecular formula is C11H13N3O3S. The highest BCUT2D eigenvalue weighted by Crippen LogP contribution is 2.20. The number of benzene rings is 1. The van der Waals surface area contributed by atoms with Crippen molar-refractivity contribution in [2.24, 2.45) is 0 Å². The smallest absolute Gasteiger partial charge is 0.278 e. The SMILES string of the molecule is Cc1ccc(CO)cc1NS(=O)(=O)c1cnc[nH]1. The maximum Gasteiger partial charge on any atom is 0.278 e. The van der Waals surface area contributed by atoms with Crippen LogP contribution < -0.4 is 4.72 Å². The molecule has 0 saturated carbocycles. The third-order valence-corrected chi connectivity index (χ3v) is 3.78. The molecule has 3 N–H and O–H groups in total. The van der Waals surface area contributed by atoms with Crippen molar-refractivity contribution in [3.05, 3.63) is 41.9 Å². The molecule has 0 atom stereocenters. The molecule has 0 unspecified atom stereocenters. The van der Waals surface area contributed by atoms with Gasteiger partial charge in [0, 0.05) is 0 Å². The Hall–Kier alpha value is -1.86. The molecule has 0 fully saturated rings. The molecule has 96 valence electrons. The monoisotopic (exact) mass is 267 g/mol. The van der Waals surface area contributed by atoms with Gasteiger partial charge in [0.2, 0.25) is 0 Å². The normalized spacial score (nSPS) is 11.4. The number of aliphatic hydroxyl groups excluding tert-OH is 1. The summed E-state index contributed by atoms with van der Waals surface area (Å²) in [6.07, 6.45) is 2.53. The number of aryl methyl sites for hydroxylation is 1. The molecular weight excluding hydrogens is 254 g/mol. The summed E-state index contributed by atoms with van der Waals surface area (Å²) in [7, 11) is -3.67. The van der Waals surface area contributed by atoms with Crippen LogP contribution in [0.15, 0.2) is 35.7 Å². The van der Waals surface area contributed by atoms with E-state index < -0.39 is 10.0 Å². The molecule has 0 aliphatic rings. The largest absolute Gasteiger partial charge is 0.392 e. The molecule has 7 heteroatoms. The minimum atomic E-state index is -3.67. The second-order valence-electron chi connectivity index (χ2n) is 3.83. The fraction of sp³-hybridized carbons (Fsp3) is 0.182. The van der Waals surface area contributed by atoms with Crippen LogP contribution in [-0.2, 0) is 16.6 Å². The molecule has 0 aliphatic carbocycles. The molecule has 0 bridgehead atoms. The first-order valence-electron chi connectivity index (χ1n) is 5.24. The average Bonchev–Trinajstić information content (AvgIpc) is 2.86. The van der Waals surface area contributed by atoms with E-state index in [1.807, 2.05) is 0 Å². The molecule has 0 spiro atoms. The highest BCUT2D eigenvalue weighted by molar-refractivity contribution is 7.92. The fourth-order valence-corrected chi connectivity index (χ4v) is 2.49. The Kier molecular flexibility index (Phi) is 3.35. The van der Waals surface area contributed by atoms with Crippen molar-refractivity contribution < 1.29 is 13.5 Å². The average molecular weight is 267 g/mol. The first kappa shape index (κ1) is 12.6. The summed E-state index contributed by atoms with van der Waals surface area (Å²) in [5, 5.41) is 9.04. The van der Waals surface area contributed by atoms with E-state index in [1.54, 1.807) is 25.1 Å². The van der Waals surface area contributed by atoms with Crippen LogP contribution in [0.3, 0.4) is 0 Å². The highest BCUT2D eigenvalue weighted by Gasteiger charge is 2.16. The zero-order valence-electron chi connectivity index (χ0n) is 9.71. The van der Waals surface area contributed by atoms with E-state index in [2.05, 4.69) is 14.7 Å². The van der Waals surface area contributed by atoms with Crippen molar-refractivity contribution in [3.8, 4) is 0 Å². The van der Waals surface area contributed by atoms with Crippen molar-refractivity contribution in [1.29, 1.82) is 0 Å². The summed E-state index contributed by atoms with van der Waals surface area (Å²) >= 11 is 0. The topological polar surface area (TPSA) is 95.1 Å². The van der Waals surface area contributed by atoms with Gasteiger partial charge in [-0.05, 0) is 24.1 Å². The Bertz CT molecular complexity index is 636. The summed E-state index contributed by atoms with van der Waals surface area (Å²) in [6.45, 7) is 1.64. The maximum atomic E-state index is 12.0. The predicted molar refractivity (Wildman–Crippen MR) is 66.5 cm³/mol. The zero-order valence-corrected chi connectivity index (χ0v) is 10.5. The molecule has 0 aliphatic heterocycles. The third kappa shape index (κ3) is 2.52. The van der Waals surface area contributed by atoms with Gasteiger partial charge >= 0.3 is 0 Å². The summed E-state index contributed by atoms with van der Waals surface area (Å²) in [6, 6.07) is 5.09. The lowest BCUT2D eigenvalue weighted by Gasteiger charge is -2.10. The molecule has 1 heterocycles. The standard InChI is InChI=1S/C11H13N3O3S/c1-8-2-3-9(6-15)4-10(8)14-18(16,17)11-5-12-7-13-11/h2-5,7,14-15H,6H2,1H3,(H,12,13). The van der Waals surface area contributed by atoms with E-state index in [4.69, 9.17) is 5.11 Å². The number of nitrogens with one attached hydrogen (secondary N) is 2. The number of aromatic amines is 1. The van der Waals surface area contributed by atoms with Gasteiger partial charge in [0.15, 0.2) is 5.03 Å². The number of sulfonamides is 1. The number of nitrogens with zero attached hydrogens (tertiary/aromatic N) is 1. The molecule has 0 radical (unpaired) electrons.